The topological polar surface area (TPSA) is 47.5 Å². The minimum Gasteiger partial charge on any atom is -0.461 e. The summed E-state index contributed by atoms with van der Waals surface area (Å²) in [5.41, 5.74) is 2.66. The van der Waals surface area contributed by atoms with E-state index in [2.05, 4.69) is 4.98 Å². The van der Waals surface area contributed by atoms with Gasteiger partial charge in [0.15, 0.2) is 11.6 Å². The molecule has 106 valence electrons. The Labute approximate surface area is 126 Å². The van der Waals surface area contributed by atoms with Crippen LogP contribution in [0.4, 0.5) is 0 Å². The van der Waals surface area contributed by atoms with Crippen molar-refractivity contribution in [2.24, 2.45) is 0 Å². The monoisotopic (exact) mass is 288 g/mol. The van der Waals surface area contributed by atoms with E-state index in [4.69, 9.17) is 4.42 Å². The smallest absolute Gasteiger partial charge is 0.263 e. The quantitative estimate of drug-likeness (QED) is 0.538. The zero-order valence-electron chi connectivity index (χ0n) is 11.6. The number of carbonyl (C=O) groups excluding carboxylic acids is 1. The van der Waals surface area contributed by atoms with E-state index in [1.807, 2.05) is 54.7 Å². The molecule has 0 aliphatic heterocycles. The zero-order valence-corrected chi connectivity index (χ0v) is 11.6. The van der Waals surface area contributed by atoms with Crippen molar-refractivity contribution < 1.29 is 9.21 Å². The van der Waals surface area contributed by atoms with Crippen molar-refractivity contribution in [3.05, 3.63) is 84.7 Å². The van der Waals surface area contributed by atoms with Gasteiger partial charge < -0.3 is 4.42 Å². The Bertz CT molecular complexity index is 938. The molecule has 0 saturated carbocycles. The minimum atomic E-state index is -0.228. The van der Waals surface area contributed by atoms with Crippen molar-refractivity contribution in [2.75, 3.05) is 0 Å². The maximum absolute atomic E-state index is 12.6. The highest BCUT2D eigenvalue weighted by atomic mass is 16.3. The summed E-state index contributed by atoms with van der Waals surface area (Å²) in [4.78, 5) is 17.2. The predicted molar refractivity (Wildman–Crippen MR) is 82.8 cm³/mol. The molecule has 4 heteroatoms. The van der Waals surface area contributed by atoms with Crippen LogP contribution in [0.25, 0.3) is 16.8 Å². The van der Waals surface area contributed by atoms with Gasteiger partial charge in [0.1, 0.15) is 0 Å². The Morgan fingerprint density at radius 1 is 0.955 bits per heavy atom. The highest BCUT2D eigenvalue weighted by Crippen LogP contribution is 2.25. The first-order chi connectivity index (χ1) is 10.8. The van der Waals surface area contributed by atoms with Crippen molar-refractivity contribution in [3.8, 4) is 11.3 Å². The lowest BCUT2D eigenvalue weighted by atomic mass is 10.1. The molecule has 0 amide bonds. The van der Waals surface area contributed by atoms with Gasteiger partial charge in [-0.1, -0.05) is 36.4 Å². The number of pyridine rings is 1. The minimum absolute atomic E-state index is 0.228. The van der Waals surface area contributed by atoms with E-state index in [9.17, 15) is 4.79 Å². The van der Waals surface area contributed by atoms with Crippen LogP contribution in [0.2, 0.25) is 0 Å². The van der Waals surface area contributed by atoms with Crippen LogP contribution in [0.1, 0.15) is 16.4 Å². The molecule has 0 N–H and O–H groups in total. The predicted octanol–water partition coefficient (Wildman–Crippen LogP) is 3.83. The SMILES string of the molecule is O=C(c1ccco1)c1nc(-c2ccccc2)c2ccccn12. The van der Waals surface area contributed by atoms with Crippen molar-refractivity contribution in [3.63, 3.8) is 0 Å². The molecule has 1 aromatic carbocycles. The lowest BCUT2D eigenvalue weighted by Gasteiger charge is -1.98. The number of hydrogen-bond donors (Lipinski definition) is 0. The second-order valence-electron chi connectivity index (χ2n) is 4.91. The van der Waals surface area contributed by atoms with Gasteiger partial charge >= 0.3 is 0 Å². The number of aromatic nitrogens is 2. The van der Waals surface area contributed by atoms with Gasteiger partial charge in [0.2, 0.25) is 0 Å². The fourth-order valence-electron chi connectivity index (χ4n) is 2.52. The molecule has 0 bridgehead atoms. The summed E-state index contributed by atoms with van der Waals surface area (Å²) in [6, 6.07) is 18.9. The average molecular weight is 288 g/mol. The summed E-state index contributed by atoms with van der Waals surface area (Å²) in [5, 5.41) is 0. The van der Waals surface area contributed by atoms with Gasteiger partial charge in [0.25, 0.3) is 5.78 Å². The van der Waals surface area contributed by atoms with Crippen LogP contribution in [0, 0.1) is 0 Å². The third kappa shape index (κ3) is 1.93. The second-order valence-corrected chi connectivity index (χ2v) is 4.91. The van der Waals surface area contributed by atoms with Gasteiger partial charge in [-0.15, -0.1) is 0 Å². The van der Waals surface area contributed by atoms with Gasteiger partial charge in [0, 0.05) is 11.8 Å². The summed E-state index contributed by atoms with van der Waals surface area (Å²) in [7, 11) is 0. The van der Waals surface area contributed by atoms with Gasteiger partial charge in [0.05, 0.1) is 17.5 Å². The van der Waals surface area contributed by atoms with Gasteiger partial charge in [-0.3, -0.25) is 9.20 Å². The molecule has 4 aromatic rings. The second kappa shape index (κ2) is 5.00. The van der Waals surface area contributed by atoms with E-state index in [1.165, 1.54) is 6.26 Å². The van der Waals surface area contributed by atoms with Crippen LogP contribution < -0.4 is 0 Å². The van der Waals surface area contributed by atoms with Gasteiger partial charge in [-0.05, 0) is 24.3 Å². The Hall–Kier alpha value is -3.14. The third-order valence-electron chi connectivity index (χ3n) is 3.54. The molecule has 4 rings (SSSR count). The number of nitrogens with zero attached hydrogens (tertiary/aromatic N) is 2. The average Bonchev–Trinajstić information content (AvgIpc) is 3.23. The standard InChI is InChI=1S/C18H12N2O2/c21-17(15-10-6-12-22-15)18-19-16(13-7-2-1-3-8-13)14-9-4-5-11-20(14)18/h1-12H. The van der Waals surface area contributed by atoms with Crippen molar-refractivity contribution >= 4 is 11.3 Å². The number of benzene rings is 1. The van der Waals surface area contributed by atoms with Crippen LogP contribution in [-0.2, 0) is 0 Å². The summed E-state index contributed by atoms with van der Waals surface area (Å²) in [5.74, 6) is 0.410. The molecule has 0 spiro atoms. The van der Waals surface area contributed by atoms with Crippen LogP contribution in [0.15, 0.2) is 77.5 Å². The highest BCUT2D eigenvalue weighted by Gasteiger charge is 2.21. The van der Waals surface area contributed by atoms with Crippen molar-refractivity contribution in [1.29, 1.82) is 0 Å². The Balaban J connectivity index is 1.96. The zero-order chi connectivity index (χ0) is 14.9. The number of furan rings is 1. The fourth-order valence-corrected chi connectivity index (χ4v) is 2.52. The molecule has 3 aromatic heterocycles. The van der Waals surface area contributed by atoms with Crippen LogP contribution in [0.3, 0.4) is 0 Å². The van der Waals surface area contributed by atoms with Crippen LogP contribution in [-0.4, -0.2) is 15.2 Å². The number of imidazole rings is 1. The van der Waals surface area contributed by atoms with E-state index >= 15 is 0 Å². The summed E-state index contributed by atoms with van der Waals surface area (Å²) in [6.45, 7) is 0. The molecule has 3 heterocycles. The number of ketones is 1. The number of fused-ring (bicyclic) bond motifs is 1. The summed E-state index contributed by atoms with van der Waals surface area (Å²) >= 11 is 0. The Kier molecular flexibility index (Phi) is 2.86. The van der Waals surface area contributed by atoms with Gasteiger partial charge in [-0.25, -0.2) is 4.98 Å². The maximum atomic E-state index is 12.6. The lowest BCUT2D eigenvalue weighted by molar-refractivity contribution is 0.0999. The van der Waals surface area contributed by atoms with Crippen LogP contribution in [0.5, 0.6) is 0 Å². The molecule has 0 atom stereocenters. The number of hydrogen-bond acceptors (Lipinski definition) is 3. The molecule has 4 nitrogen and oxygen atoms in total. The van der Waals surface area contributed by atoms with E-state index in [0.29, 0.717) is 5.82 Å². The Morgan fingerprint density at radius 2 is 1.77 bits per heavy atom. The molecule has 0 aliphatic carbocycles. The number of rotatable bonds is 3. The molecule has 0 aliphatic rings. The Morgan fingerprint density at radius 3 is 2.55 bits per heavy atom. The molecule has 0 radical (unpaired) electrons. The summed E-state index contributed by atoms with van der Waals surface area (Å²) in [6.07, 6.45) is 3.33. The first-order valence-electron chi connectivity index (χ1n) is 6.95. The molecule has 0 saturated heterocycles. The normalized spacial score (nSPS) is 10.9. The molecule has 0 fully saturated rings. The van der Waals surface area contributed by atoms with Crippen molar-refractivity contribution in [1.82, 2.24) is 9.38 Å². The van der Waals surface area contributed by atoms with E-state index in [-0.39, 0.29) is 11.5 Å². The molecule has 22 heavy (non-hydrogen) atoms. The molecule has 0 unspecified atom stereocenters. The highest BCUT2D eigenvalue weighted by molar-refractivity contribution is 6.06. The number of carbonyl (C=O) groups is 1. The largest absolute Gasteiger partial charge is 0.461 e. The van der Waals surface area contributed by atoms with Gasteiger partial charge in [-0.2, -0.15) is 0 Å². The molecular formula is C18H12N2O2. The lowest BCUT2D eigenvalue weighted by Crippen LogP contribution is -2.05. The third-order valence-corrected chi connectivity index (χ3v) is 3.54. The fraction of sp³-hybridized carbons (Fsp3) is 0. The van der Waals surface area contributed by atoms with Crippen molar-refractivity contribution in [2.45, 2.75) is 0 Å². The van der Waals surface area contributed by atoms with E-state index < -0.39 is 0 Å². The summed E-state index contributed by atoms with van der Waals surface area (Å²) < 4.78 is 7.01. The van der Waals surface area contributed by atoms with E-state index in [0.717, 1.165) is 16.8 Å². The molecular weight excluding hydrogens is 276 g/mol. The van der Waals surface area contributed by atoms with E-state index in [1.54, 1.807) is 16.5 Å². The first kappa shape index (κ1) is 12.6. The maximum Gasteiger partial charge on any atom is 0.263 e. The van der Waals surface area contributed by atoms with Crippen LogP contribution >= 0.6 is 0 Å². The first-order valence-corrected chi connectivity index (χ1v) is 6.95.